The predicted molar refractivity (Wildman–Crippen MR) is 60.0 cm³/mol. The molecular weight excluding hydrogens is 192 g/mol. The lowest BCUT2D eigenvalue weighted by Crippen LogP contribution is -2.28. The second-order valence-electron chi connectivity index (χ2n) is 4.73. The van der Waals surface area contributed by atoms with Crippen molar-refractivity contribution in [2.45, 2.75) is 39.5 Å². The number of Topliss-reactive ketones (excluding diaryl/α,β-unsaturated/α-hetero) is 1. The highest BCUT2D eigenvalue weighted by Gasteiger charge is 2.34. The van der Waals surface area contributed by atoms with Crippen LogP contribution in [0.5, 0.6) is 0 Å². The normalized spacial score (nSPS) is 19.0. The second kappa shape index (κ2) is 3.50. The van der Waals surface area contributed by atoms with Crippen LogP contribution in [0.4, 0.5) is 0 Å². The van der Waals surface area contributed by atoms with Crippen LogP contribution in [-0.4, -0.2) is 5.78 Å². The molecule has 1 aromatic rings. The zero-order valence-corrected chi connectivity index (χ0v) is 9.62. The minimum absolute atomic E-state index is 0.311. The highest BCUT2D eigenvalue weighted by molar-refractivity contribution is 7.08. The monoisotopic (exact) mass is 208 g/mol. The number of carbonyl (C=O) groups excluding carboxylic acids is 1. The van der Waals surface area contributed by atoms with Crippen molar-refractivity contribution in [1.29, 1.82) is 0 Å². The fraction of sp³-hybridized carbons (Fsp3) is 0.583. The van der Waals surface area contributed by atoms with Gasteiger partial charge in [0, 0.05) is 17.4 Å². The molecule has 0 atom stereocenters. The third-order valence-electron chi connectivity index (χ3n) is 3.30. The Labute approximate surface area is 89.1 Å². The van der Waals surface area contributed by atoms with Crippen LogP contribution in [0.1, 0.15) is 48.5 Å². The molecule has 0 aromatic carbocycles. The molecule has 0 spiro atoms. The van der Waals surface area contributed by atoms with Crippen LogP contribution >= 0.6 is 11.3 Å². The number of hydrogen-bond donors (Lipinski definition) is 0. The van der Waals surface area contributed by atoms with Crippen LogP contribution in [0.3, 0.4) is 0 Å². The van der Waals surface area contributed by atoms with Gasteiger partial charge in [0.25, 0.3) is 0 Å². The summed E-state index contributed by atoms with van der Waals surface area (Å²) in [7, 11) is 0. The van der Waals surface area contributed by atoms with E-state index in [2.05, 4.69) is 12.3 Å². The molecule has 0 radical (unpaired) electrons. The first kappa shape index (κ1) is 9.91. The van der Waals surface area contributed by atoms with Gasteiger partial charge in [0.15, 0.2) is 5.78 Å². The van der Waals surface area contributed by atoms with E-state index in [-0.39, 0.29) is 0 Å². The smallest absolute Gasteiger partial charge is 0.164 e. The second-order valence-corrected chi connectivity index (χ2v) is 5.48. The standard InChI is InChI=1S/C12H16OS/c1-9-7-14-8-10(9)11(13)6-12(2)4-3-5-12/h7-8H,3-6H2,1-2H3. The van der Waals surface area contributed by atoms with Crippen molar-refractivity contribution in [3.63, 3.8) is 0 Å². The Morgan fingerprint density at radius 1 is 1.50 bits per heavy atom. The lowest BCUT2D eigenvalue weighted by Gasteiger charge is -2.37. The van der Waals surface area contributed by atoms with Crippen LogP contribution in [-0.2, 0) is 0 Å². The Bertz CT molecular complexity index is 347. The third-order valence-corrected chi connectivity index (χ3v) is 4.17. The molecule has 1 fully saturated rings. The van der Waals surface area contributed by atoms with Gasteiger partial charge in [-0.05, 0) is 36.1 Å². The van der Waals surface area contributed by atoms with Crippen molar-refractivity contribution >= 4 is 17.1 Å². The average molecular weight is 208 g/mol. The van der Waals surface area contributed by atoms with E-state index in [0.717, 1.165) is 17.5 Å². The van der Waals surface area contributed by atoms with E-state index in [1.54, 1.807) is 11.3 Å². The highest BCUT2D eigenvalue weighted by Crippen LogP contribution is 2.44. The molecule has 0 saturated heterocycles. The Hall–Kier alpha value is -0.630. The Morgan fingerprint density at radius 3 is 2.64 bits per heavy atom. The molecule has 1 nitrogen and oxygen atoms in total. The van der Waals surface area contributed by atoms with Gasteiger partial charge in [-0.3, -0.25) is 4.79 Å². The molecule has 2 heteroatoms. The number of hydrogen-bond acceptors (Lipinski definition) is 2. The van der Waals surface area contributed by atoms with E-state index in [4.69, 9.17) is 0 Å². The molecule has 0 unspecified atom stereocenters. The lowest BCUT2D eigenvalue weighted by atomic mass is 9.67. The van der Waals surface area contributed by atoms with Crippen LogP contribution in [0.2, 0.25) is 0 Å². The maximum atomic E-state index is 11.9. The SMILES string of the molecule is Cc1cscc1C(=O)CC1(C)CCC1. The summed E-state index contributed by atoms with van der Waals surface area (Å²) >= 11 is 1.63. The summed E-state index contributed by atoms with van der Waals surface area (Å²) in [5.74, 6) is 0.339. The molecule has 1 heterocycles. The molecule has 76 valence electrons. The van der Waals surface area contributed by atoms with Crippen molar-refractivity contribution in [3.8, 4) is 0 Å². The van der Waals surface area contributed by atoms with Gasteiger partial charge in [0.1, 0.15) is 0 Å². The van der Waals surface area contributed by atoms with Crippen LogP contribution in [0, 0.1) is 12.3 Å². The molecular formula is C12H16OS. The molecule has 14 heavy (non-hydrogen) atoms. The molecule has 2 rings (SSSR count). The highest BCUT2D eigenvalue weighted by atomic mass is 32.1. The summed E-state index contributed by atoms with van der Waals surface area (Å²) in [6, 6.07) is 0. The molecule has 0 N–H and O–H groups in total. The average Bonchev–Trinajstić information content (AvgIpc) is 2.48. The van der Waals surface area contributed by atoms with Crippen molar-refractivity contribution < 1.29 is 4.79 Å². The maximum Gasteiger partial charge on any atom is 0.164 e. The molecule has 1 saturated carbocycles. The minimum Gasteiger partial charge on any atom is -0.294 e. The quantitative estimate of drug-likeness (QED) is 0.690. The van der Waals surface area contributed by atoms with Crippen molar-refractivity contribution in [3.05, 3.63) is 21.9 Å². The van der Waals surface area contributed by atoms with Gasteiger partial charge in [0.05, 0.1) is 0 Å². The number of rotatable bonds is 3. The van der Waals surface area contributed by atoms with E-state index in [9.17, 15) is 4.79 Å². The zero-order chi connectivity index (χ0) is 10.2. The van der Waals surface area contributed by atoms with Gasteiger partial charge in [-0.2, -0.15) is 11.3 Å². The van der Waals surface area contributed by atoms with Gasteiger partial charge in [-0.15, -0.1) is 0 Å². The molecule has 1 aromatic heterocycles. The number of carbonyl (C=O) groups is 1. The topological polar surface area (TPSA) is 17.1 Å². The number of ketones is 1. The number of thiophene rings is 1. The molecule has 0 bridgehead atoms. The third kappa shape index (κ3) is 1.76. The number of aryl methyl sites for hydroxylation is 1. The van der Waals surface area contributed by atoms with Crippen LogP contribution in [0.25, 0.3) is 0 Å². The Morgan fingerprint density at radius 2 is 2.21 bits per heavy atom. The largest absolute Gasteiger partial charge is 0.294 e. The van der Waals surface area contributed by atoms with Gasteiger partial charge < -0.3 is 0 Å². The summed E-state index contributed by atoms with van der Waals surface area (Å²) in [5.41, 5.74) is 2.40. The first-order valence-electron chi connectivity index (χ1n) is 5.17. The maximum absolute atomic E-state index is 11.9. The van der Waals surface area contributed by atoms with Crippen molar-refractivity contribution in [1.82, 2.24) is 0 Å². The predicted octanol–water partition coefficient (Wildman–Crippen LogP) is 3.82. The molecule has 1 aliphatic carbocycles. The Balaban J connectivity index is 2.06. The Kier molecular flexibility index (Phi) is 2.48. The molecule has 0 amide bonds. The first-order valence-corrected chi connectivity index (χ1v) is 6.11. The van der Waals surface area contributed by atoms with Gasteiger partial charge >= 0.3 is 0 Å². The summed E-state index contributed by atoms with van der Waals surface area (Å²) in [6.07, 6.45) is 4.49. The van der Waals surface area contributed by atoms with E-state index < -0.39 is 0 Å². The fourth-order valence-corrected chi connectivity index (χ4v) is 2.94. The van der Waals surface area contributed by atoms with E-state index in [1.807, 2.05) is 12.3 Å². The minimum atomic E-state index is 0.311. The van der Waals surface area contributed by atoms with Gasteiger partial charge in [-0.25, -0.2) is 0 Å². The lowest BCUT2D eigenvalue weighted by molar-refractivity contribution is 0.0816. The van der Waals surface area contributed by atoms with Crippen molar-refractivity contribution in [2.24, 2.45) is 5.41 Å². The van der Waals surface area contributed by atoms with Gasteiger partial charge in [-0.1, -0.05) is 13.3 Å². The van der Waals surface area contributed by atoms with Gasteiger partial charge in [0.2, 0.25) is 0 Å². The van der Waals surface area contributed by atoms with E-state index >= 15 is 0 Å². The van der Waals surface area contributed by atoms with Crippen molar-refractivity contribution in [2.75, 3.05) is 0 Å². The fourth-order valence-electron chi connectivity index (χ4n) is 2.09. The zero-order valence-electron chi connectivity index (χ0n) is 8.80. The summed E-state index contributed by atoms with van der Waals surface area (Å²) in [4.78, 5) is 11.9. The van der Waals surface area contributed by atoms with Crippen LogP contribution < -0.4 is 0 Å². The summed E-state index contributed by atoms with van der Waals surface area (Å²) in [5, 5.41) is 4.04. The van der Waals surface area contributed by atoms with Crippen LogP contribution in [0.15, 0.2) is 10.8 Å². The molecule has 1 aliphatic rings. The first-order chi connectivity index (χ1) is 6.61. The summed E-state index contributed by atoms with van der Waals surface area (Å²) < 4.78 is 0. The van der Waals surface area contributed by atoms with E-state index in [1.165, 1.54) is 19.3 Å². The summed E-state index contributed by atoms with van der Waals surface area (Å²) in [6.45, 7) is 4.25. The molecule has 0 aliphatic heterocycles. The van der Waals surface area contributed by atoms with E-state index in [0.29, 0.717) is 11.2 Å².